The van der Waals surface area contributed by atoms with Crippen LogP contribution in [0.2, 0.25) is 0 Å². The molecule has 0 saturated carbocycles. The summed E-state index contributed by atoms with van der Waals surface area (Å²) in [5, 5.41) is 12.5. The maximum absolute atomic E-state index is 11.2. The van der Waals surface area contributed by atoms with Crippen molar-refractivity contribution in [3.05, 3.63) is 23.8 Å². The summed E-state index contributed by atoms with van der Waals surface area (Å²) in [7, 11) is 0. The number of likely N-dealkylation sites (tertiary alicyclic amines) is 1. The van der Waals surface area contributed by atoms with Crippen molar-refractivity contribution < 1.29 is 9.90 Å². The molecule has 1 heterocycles. The van der Waals surface area contributed by atoms with Crippen molar-refractivity contribution in [2.75, 3.05) is 30.7 Å². The summed E-state index contributed by atoms with van der Waals surface area (Å²) in [6.07, 6.45) is 2.20. The van der Waals surface area contributed by atoms with E-state index in [2.05, 4.69) is 17.1 Å². The summed E-state index contributed by atoms with van der Waals surface area (Å²) < 4.78 is 0. The van der Waals surface area contributed by atoms with E-state index in [9.17, 15) is 9.90 Å². The fourth-order valence-electron chi connectivity index (χ4n) is 2.55. The topological polar surface area (TPSA) is 78.6 Å². The number of benzene rings is 1. The molecule has 104 valence electrons. The maximum atomic E-state index is 11.2. The van der Waals surface area contributed by atoms with Crippen LogP contribution in [-0.4, -0.2) is 41.7 Å². The van der Waals surface area contributed by atoms with Crippen LogP contribution in [0, 0.1) is 0 Å². The van der Waals surface area contributed by atoms with Gasteiger partial charge in [0.1, 0.15) is 0 Å². The summed E-state index contributed by atoms with van der Waals surface area (Å²) in [5.41, 5.74) is 7.22. The fraction of sp³-hybridized carbons (Fsp3) is 0.500. The lowest BCUT2D eigenvalue weighted by atomic mass is 10.0. The lowest BCUT2D eigenvalue weighted by Crippen LogP contribution is -2.42. The Morgan fingerprint density at radius 1 is 1.58 bits per heavy atom. The third-order valence-corrected chi connectivity index (χ3v) is 3.59. The predicted octanol–water partition coefficient (Wildman–Crippen LogP) is 1.86. The zero-order valence-corrected chi connectivity index (χ0v) is 11.2. The number of aromatic carboxylic acids is 1. The van der Waals surface area contributed by atoms with Crippen molar-refractivity contribution >= 4 is 17.3 Å². The summed E-state index contributed by atoms with van der Waals surface area (Å²) in [4.78, 5) is 13.6. The molecule has 0 aromatic heterocycles. The molecular formula is C14H21N3O2. The molecule has 0 bridgehead atoms. The van der Waals surface area contributed by atoms with Gasteiger partial charge < -0.3 is 21.1 Å². The first-order valence-corrected chi connectivity index (χ1v) is 6.72. The van der Waals surface area contributed by atoms with Crippen LogP contribution in [-0.2, 0) is 0 Å². The number of hydrogen-bond donors (Lipinski definition) is 3. The lowest BCUT2D eigenvalue weighted by Gasteiger charge is -2.33. The number of carboxylic acids is 1. The summed E-state index contributed by atoms with van der Waals surface area (Å²) >= 11 is 0. The van der Waals surface area contributed by atoms with E-state index in [1.165, 1.54) is 0 Å². The number of hydrogen-bond acceptors (Lipinski definition) is 4. The molecule has 0 amide bonds. The average Bonchev–Trinajstić information content (AvgIpc) is 2.38. The van der Waals surface area contributed by atoms with Gasteiger partial charge in [-0.2, -0.15) is 0 Å². The fourth-order valence-corrected chi connectivity index (χ4v) is 2.55. The van der Waals surface area contributed by atoms with Crippen LogP contribution in [0.5, 0.6) is 0 Å². The summed E-state index contributed by atoms with van der Waals surface area (Å²) in [5.74, 6) is -0.925. The van der Waals surface area contributed by atoms with Crippen molar-refractivity contribution in [2.45, 2.75) is 25.8 Å². The number of rotatable bonds is 4. The van der Waals surface area contributed by atoms with Gasteiger partial charge in [-0.25, -0.2) is 4.79 Å². The van der Waals surface area contributed by atoms with Gasteiger partial charge in [0.15, 0.2) is 0 Å². The zero-order valence-electron chi connectivity index (χ0n) is 11.2. The first kappa shape index (κ1) is 13.7. The number of anilines is 2. The Labute approximate surface area is 113 Å². The molecule has 4 N–H and O–H groups in total. The average molecular weight is 263 g/mol. The molecule has 5 nitrogen and oxygen atoms in total. The van der Waals surface area contributed by atoms with Crippen LogP contribution in [0.25, 0.3) is 0 Å². The third kappa shape index (κ3) is 3.38. The normalized spacial score (nSPS) is 20.2. The van der Waals surface area contributed by atoms with Crippen LogP contribution >= 0.6 is 0 Å². The number of nitrogens with zero attached hydrogens (tertiary/aromatic N) is 1. The molecule has 0 spiro atoms. The van der Waals surface area contributed by atoms with Gasteiger partial charge in [0, 0.05) is 18.3 Å². The van der Waals surface area contributed by atoms with Crippen LogP contribution < -0.4 is 11.1 Å². The standard InChI is InChI=1S/C14H21N3O2/c1-2-17-7-3-4-11(9-17)16-13-8-10(15)5-6-12(13)14(18)19/h5-6,8,11,16H,2-4,7,9,15H2,1H3,(H,18,19). The van der Waals surface area contributed by atoms with Gasteiger partial charge in [0.05, 0.1) is 11.3 Å². The largest absolute Gasteiger partial charge is 0.478 e. The Bertz CT molecular complexity index is 462. The number of likely N-dealkylation sites (N-methyl/N-ethyl adjacent to an activating group) is 1. The molecule has 19 heavy (non-hydrogen) atoms. The van der Waals surface area contributed by atoms with Crippen molar-refractivity contribution in [1.29, 1.82) is 0 Å². The minimum atomic E-state index is -0.925. The molecule has 1 unspecified atom stereocenters. The van der Waals surface area contributed by atoms with Gasteiger partial charge in [-0.15, -0.1) is 0 Å². The maximum Gasteiger partial charge on any atom is 0.337 e. The van der Waals surface area contributed by atoms with E-state index in [4.69, 9.17) is 5.73 Å². The molecule has 1 atom stereocenters. The van der Waals surface area contributed by atoms with Gasteiger partial charge in [0.2, 0.25) is 0 Å². The molecule has 0 radical (unpaired) electrons. The highest BCUT2D eigenvalue weighted by molar-refractivity contribution is 5.95. The Kier molecular flexibility index (Phi) is 4.27. The smallest absolute Gasteiger partial charge is 0.337 e. The number of nitrogen functional groups attached to an aromatic ring is 1. The minimum Gasteiger partial charge on any atom is -0.478 e. The van der Waals surface area contributed by atoms with E-state index < -0.39 is 5.97 Å². The first-order valence-electron chi connectivity index (χ1n) is 6.72. The quantitative estimate of drug-likeness (QED) is 0.723. The van der Waals surface area contributed by atoms with E-state index in [1.807, 2.05) is 0 Å². The molecule has 1 saturated heterocycles. The lowest BCUT2D eigenvalue weighted by molar-refractivity contribution is 0.0698. The van der Waals surface area contributed by atoms with E-state index >= 15 is 0 Å². The highest BCUT2D eigenvalue weighted by Crippen LogP contribution is 2.22. The van der Waals surface area contributed by atoms with Crippen molar-refractivity contribution in [2.24, 2.45) is 0 Å². The van der Waals surface area contributed by atoms with Crippen molar-refractivity contribution in [3.63, 3.8) is 0 Å². The van der Waals surface area contributed by atoms with Gasteiger partial charge in [0.25, 0.3) is 0 Å². The van der Waals surface area contributed by atoms with Gasteiger partial charge in [-0.1, -0.05) is 6.92 Å². The van der Waals surface area contributed by atoms with Gasteiger partial charge in [-0.05, 0) is 44.1 Å². The Morgan fingerprint density at radius 3 is 3.05 bits per heavy atom. The predicted molar refractivity (Wildman–Crippen MR) is 76.6 cm³/mol. The Hall–Kier alpha value is -1.75. The molecule has 1 aliphatic rings. The Morgan fingerprint density at radius 2 is 2.37 bits per heavy atom. The van der Waals surface area contributed by atoms with Crippen LogP contribution in [0.15, 0.2) is 18.2 Å². The van der Waals surface area contributed by atoms with E-state index in [-0.39, 0.29) is 11.6 Å². The molecule has 1 aromatic rings. The third-order valence-electron chi connectivity index (χ3n) is 3.59. The number of piperidine rings is 1. The van der Waals surface area contributed by atoms with Crippen molar-refractivity contribution in [3.8, 4) is 0 Å². The molecule has 2 rings (SSSR count). The second-order valence-corrected chi connectivity index (χ2v) is 4.99. The van der Waals surface area contributed by atoms with E-state index in [0.717, 1.165) is 32.5 Å². The SMILES string of the molecule is CCN1CCCC(Nc2cc(N)ccc2C(=O)O)C1. The highest BCUT2D eigenvalue weighted by Gasteiger charge is 2.20. The molecule has 0 aliphatic carbocycles. The first-order chi connectivity index (χ1) is 9.10. The molecule has 1 aliphatic heterocycles. The van der Waals surface area contributed by atoms with Crippen LogP contribution in [0.3, 0.4) is 0 Å². The van der Waals surface area contributed by atoms with Crippen LogP contribution in [0.4, 0.5) is 11.4 Å². The second-order valence-electron chi connectivity index (χ2n) is 4.99. The molecule has 1 aromatic carbocycles. The van der Waals surface area contributed by atoms with Gasteiger partial charge >= 0.3 is 5.97 Å². The molecule has 5 heteroatoms. The number of carbonyl (C=O) groups is 1. The van der Waals surface area contributed by atoms with E-state index in [1.54, 1.807) is 18.2 Å². The summed E-state index contributed by atoms with van der Waals surface area (Å²) in [6, 6.07) is 5.16. The van der Waals surface area contributed by atoms with E-state index in [0.29, 0.717) is 11.4 Å². The van der Waals surface area contributed by atoms with Crippen molar-refractivity contribution in [1.82, 2.24) is 4.90 Å². The van der Waals surface area contributed by atoms with Crippen LogP contribution in [0.1, 0.15) is 30.1 Å². The number of nitrogens with one attached hydrogen (secondary N) is 1. The molecule has 1 fully saturated rings. The minimum absolute atomic E-state index is 0.280. The summed E-state index contributed by atoms with van der Waals surface area (Å²) in [6.45, 7) is 5.24. The van der Waals surface area contributed by atoms with Gasteiger partial charge in [-0.3, -0.25) is 0 Å². The monoisotopic (exact) mass is 263 g/mol. The number of nitrogens with two attached hydrogens (primary N) is 1. The highest BCUT2D eigenvalue weighted by atomic mass is 16.4. The Balaban J connectivity index is 2.13. The zero-order chi connectivity index (χ0) is 13.8. The molecular weight excluding hydrogens is 242 g/mol. The number of carboxylic acid groups (broad SMARTS) is 1. The second kappa shape index (κ2) is 5.93.